The molecular weight excluding hydrogens is 342 g/mol. The van der Waals surface area contributed by atoms with Crippen LogP contribution in [-0.4, -0.2) is 45.3 Å². The van der Waals surface area contributed by atoms with Gasteiger partial charge < -0.3 is 10.2 Å². The number of benzene rings is 2. The number of hydrogen-bond acceptors (Lipinski definition) is 4. The van der Waals surface area contributed by atoms with Crippen LogP contribution in [0.1, 0.15) is 10.4 Å². The molecule has 0 saturated heterocycles. The van der Waals surface area contributed by atoms with Gasteiger partial charge in [0.2, 0.25) is 5.91 Å². The first-order valence-electron chi connectivity index (χ1n) is 7.55. The lowest BCUT2D eigenvalue weighted by Crippen LogP contribution is -2.35. The van der Waals surface area contributed by atoms with E-state index in [1.54, 1.807) is 61.2 Å². The molecule has 0 aliphatic rings. The Balaban J connectivity index is 1.69. The Morgan fingerprint density at radius 1 is 1.24 bits per heavy atom. The van der Waals surface area contributed by atoms with Gasteiger partial charge in [0.15, 0.2) is 0 Å². The molecule has 8 heteroatoms. The molecule has 0 atom stereocenters. The van der Waals surface area contributed by atoms with Crippen molar-refractivity contribution in [3.63, 3.8) is 0 Å². The summed E-state index contributed by atoms with van der Waals surface area (Å²) >= 11 is 6.01. The Kier molecular flexibility index (Phi) is 4.67. The van der Waals surface area contributed by atoms with E-state index in [9.17, 15) is 9.59 Å². The molecule has 7 nitrogen and oxygen atoms in total. The third-order valence-electron chi connectivity index (χ3n) is 3.73. The van der Waals surface area contributed by atoms with Gasteiger partial charge >= 0.3 is 0 Å². The maximum Gasteiger partial charge on any atom is 0.254 e. The second kappa shape index (κ2) is 6.90. The number of carbonyl (C=O) groups excluding carboxylic acids is 2. The van der Waals surface area contributed by atoms with Crippen LogP contribution in [-0.2, 0) is 11.8 Å². The maximum absolute atomic E-state index is 12.5. The van der Waals surface area contributed by atoms with Crippen LogP contribution in [0.15, 0.2) is 42.5 Å². The Bertz CT molecular complexity index is 953. The number of rotatable bonds is 4. The molecule has 0 saturated carbocycles. The van der Waals surface area contributed by atoms with Gasteiger partial charge in [-0.3, -0.25) is 9.59 Å². The Labute approximate surface area is 149 Å². The monoisotopic (exact) mass is 357 g/mol. The SMILES string of the molecule is CN(CC(=O)Nc1ccccc1Cl)C(=O)c1ccc2c(c1)nnn2C. The molecule has 128 valence electrons. The van der Waals surface area contributed by atoms with Crippen molar-refractivity contribution in [2.75, 3.05) is 18.9 Å². The van der Waals surface area contributed by atoms with Gasteiger partial charge in [0.1, 0.15) is 5.52 Å². The molecule has 25 heavy (non-hydrogen) atoms. The van der Waals surface area contributed by atoms with Crippen LogP contribution in [0.2, 0.25) is 5.02 Å². The number of para-hydroxylation sites is 1. The summed E-state index contributed by atoms with van der Waals surface area (Å²) in [5.41, 5.74) is 2.41. The first-order chi connectivity index (χ1) is 12.0. The highest BCUT2D eigenvalue weighted by Gasteiger charge is 2.17. The number of aromatic nitrogens is 3. The molecule has 0 unspecified atom stereocenters. The summed E-state index contributed by atoms with van der Waals surface area (Å²) in [7, 11) is 3.34. The smallest absolute Gasteiger partial charge is 0.254 e. The van der Waals surface area contributed by atoms with E-state index in [2.05, 4.69) is 15.6 Å². The van der Waals surface area contributed by atoms with Crippen LogP contribution in [0, 0.1) is 0 Å². The van der Waals surface area contributed by atoms with Gasteiger partial charge in [0.25, 0.3) is 5.91 Å². The van der Waals surface area contributed by atoms with Crippen LogP contribution < -0.4 is 5.32 Å². The first-order valence-corrected chi connectivity index (χ1v) is 7.93. The summed E-state index contributed by atoms with van der Waals surface area (Å²) in [6.07, 6.45) is 0. The Morgan fingerprint density at radius 3 is 2.76 bits per heavy atom. The molecule has 0 aliphatic carbocycles. The van der Waals surface area contributed by atoms with E-state index < -0.39 is 0 Å². The van der Waals surface area contributed by atoms with Crippen molar-refractivity contribution >= 4 is 40.1 Å². The van der Waals surface area contributed by atoms with Crippen molar-refractivity contribution in [1.29, 1.82) is 0 Å². The molecule has 0 radical (unpaired) electrons. The molecule has 3 aromatic rings. The fourth-order valence-electron chi connectivity index (χ4n) is 2.43. The normalized spacial score (nSPS) is 10.7. The van der Waals surface area contributed by atoms with E-state index in [4.69, 9.17) is 11.6 Å². The van der Waals surface area contributed by atoms with E-state index in [1.807, 2.05) is 0 Å². The largest absolute Gasteiger partial charge is 0.332 e. The second-order valence-corrected chi connectivity index (χ2v) is 6.01. The number of nitrogens with zero attached hydrogens (tertiary/aromatic N) is 4. The zero-order valence-corrected chi connectivity index (χ0v) is 14.5. The average molecular weight is 358 g/mol. The van der Waals surface area contributed by atoms with Crippen LogP contribution in [0.25, 0.3) is 11.0 Å². The van der Waals surface area contributed by atoms with Gasteiger partial charge in [-0.05, 0) is 30.3 Å². The van der Waals surface area contributed by atoms with E-state index in [-0.39, 0.29) is 18.4 Å². The van der Waals surface area contributed by atoms with Crippen LogP contribution >= 0.6 is 11.6 Å². The molecule has 1 aromatic heterocycles. The summed E-state index contributed by atoms with van der Waals surface area (Å²) in [4.78, 5) is 26.0. The molecule has 1 N–H and O–H groups in total. The summed E-state index contributed by atoms with van der Waals surface area (Å²) in [6, 6.07) is 12.1. The number of aryl methyl sites for hydroxylation is 1. The number of likely N-dealkylation sites (N-methyl/N-ethyl adjacent to an activating group) is 1. The second-order valence-electron chi connectivity index (χ2n) is 5.61. The molecule has 0 fully saturated rings. The van der Waals surface area contributed by atoms with E-state index in [0.717, 1.165) is 5.52 Å². The molecule has 0 bridgehead atoms. The molecular formula is C17H16ClN5O2. The molecule has 2 aromatic carbocycles. The highest BCUT2D eigenvalue weighted by atomic mass is 35.5. The van der Waals surface area contributed by atoms with Gasteiger partial charge in [0.05, 0.1) is 22.8 Å². The zero-order valence-electron chi connectivity index (χ0n) is 13.7. The van der Waals surface area contributed by atoms with Crippen molar-refractivity contribution < 1.29 is 9.59 Å². The quantitative estimate of drug-likeness (QED) is 0.777. The van der Waals surface area contributed by atoms with E-state index in [1.165, 1.54) is 4.90 Å². The zero-order chi connectivity index (χ0) is 18.0. The van der Waals surface area contributed by atoms with Crippen LogP contribution in [0.4, 0.5) is 5.69 Å². The van der Waals surface area contributed by atoms with Gasteiger partial charge in [-0.25, -0.2) is 4.68 Å². The number of anilines is 1. The lowest BCUT2D eigenvalue weighted by atomic mass is 10.1. The molecule has 0 spiro atoms. The number of hydrogen-bond donors (Lipinski definition) is 1. The standard InChI is InChI=1S/C17H16ClN5O2/c1-22(10-16(24)19-13-6-4-3-5-12(13)18)17(25)11-7-8-15-14(9-11)20-21-23(15)2/h3-9H,10H2,1-2H3,(H,19,24). The van der Waals surface area contributed by atoms with Crippen LogP contribution in [0.3, 0.4) is 0 Å². The fraction of sp³-hybridized carbons (Fsp3) is 0.176. The summed E-state index contributed by atoms with van der Waals surface area (Å²) < 4.78 is 1.63. The highest BCUT2D eigenvalue weighted by molar-refractivity contribution is 6.33. The van der Waals surface area contributed by atoms with E-state index in [0.29, 0.717) is 21.8 Å². The van der Waals surface area contributed by atoms with Crippen molar-refractivity contribution in [1.82, 2.24) is 19.9 Å². The number of fused-ring (bicyclic) bond motifs is 1. The number of amides is 2. The third kappa shape index (κ3) is 3.61. The maximum atomic E-state index is 12.5. The summed E-state index contributed by atoms with van der Waals surface area (Å²) in [5.74, 6) is -0.605. The summed E-state index contributed by atoms with van der Waals surface area (Å²) in [6.45, 7) is -0.0947. The van der Waals surface area contributed by atoms with Crippen molar-refractivity contribution in [2.45, 2.75) is 0 Å². The predicted molar refractivity (Wildman–Crippen MR) is 95.6 cm³/mol. The molecule has 0 aliphatic heterocycles. The van der Waals surface area contributed by atoms with Crippen LogP contribution in [0.5, 0.6) is 0 Å². The Morgan fingerprint density at radius 2 is 2.00 bits per heavy atom. The number of nitrogens with one attached hydrogen (secondary N) is 1. The minimum atomic E-state index is -0.329. The molecule has 2 amide bonds. The highest BCUT2D eigenvalue weighted by Crippen LogP contribution is 2.20. The summed E-state index contributed by atoms with van der Waals surface area (Å²) in [5, 5.41) is 11.0. The fourth-order valence-corrected chi connectivity index (χ4v) is 2.62. The minimum Gasteiger partial charge on any atom is -0.332 e. The number of halogens is 1. The van der Waals surface area contributed by atoms with Gasteiger partial charge in [-0.15, -0.1) is 5.10 Å². The minimum absolute atomic E-state index is 0.0947. The molecule has 3 rings (SSSR count). The number of carbonyl (C=O) groups is 2. The molecule has 1 heterocycles. The van der Waals surface area contributed by atoms with Crippen molar-refractivity contribution in [3.8, 4) is 0 Å². The first kappa shape index (κ1) is 16.9. The third-order valence-corrected chi connectivity index (χ3v) is 4.06. The Hall–Kier alpha value is -2.93. The lowest BCUT2D eigenvalue weighted by Gasteiger charge is -2.17. The van der Waals surface area contributed by atoms with Crippen molar-refractivity contribution in [3.05, 3.63) is 53.1 Å². The van der Waals surface area contributed by atoms with E-state index >= 15 is 0 Å². The lowest BCUT2D eigenvalue weighted by molar-refractivity contribution is -0.116. The van der Waals surface area contributed by atoms with Gasteiger partial charge in [-0.2, -0.15) is 0 Å². The topological polar surface area (TPSA) is 80.1 Å². The van der Waals surface area contributed by atoms with Gasteiger partial charge in [0, 0.05) is 19.7 Å². The predicted octanol–water partition coefficient (Wildman–Crippen LogP) is 2.33. The van der Waals surface area contributed by atoms with Crippen molar-refractivity contribution in [2.24, 2.45) is 7.05 Å². The van der Waals surface area contributed by atoms with Gasteiger partial charge in [-0.1, -0.05) is 28.9 Å². The average Bonchev–Trinajstić information content (AvgIpc) is 2.96.